The minimum atomic E-state index is -1.58. The zero-order chi connectivity index (χ0) is 30.4. The number of ether oxygens (including phenoxy) is 2. The van der Waals surface area contributed by atoms with E-state index in [1.807, 2.05) is 83.8 Å². The molecule has 1 spiro atoms. The van der Waals surface area contributed by atoms with Gasteiger partial charge >= 0.3 is 11.9 Å². The van der Waals surface area contributed by atoms with Crippen LogP contribution in [0.5, 0.6) is 5.75 Å². The fraction of sp³-hybridized carbons (Fsp3) is 0.194. The third-order valence-electron chi connectivity index (χ3n) is 9.02. The highest BCUT2D eigenvalue weighted by Gasteiger charge is 2.74. The molecule has 3 heterocycles. The van der Waals surface area contributed by atoms with Gasteiger partial charge in [-0.15, -0.1) is 0 Å². The van der Waals surface area contributed by atoms with E-state index in [0.29, 0.717) is 16.8 Å². The van der Waals surface area contributed by atoms with Gasteiger partial charge in [0.25, 0.3) is 0 Å². The summed E-state index contributed by atoms with van der Waals surface area (Å²) in [5.41, 5.74) is 1.86. The van der Waals surface area contributed by atoms with E-state index in [1.54, 1.807) is 30.3 Å². The number of esters is 2. The molecule has 0 radical (unpaired) electrons. The van der Waals surface area contributed by atoms with Crippen LogP contribution in [0.3, 0.4) is 0 Å². The van der Waals surface area contributed by atoms with E-state index in [2.05, 4.69) is 11.9 Å². The fourth-order valence-corrected chi connectivity index (χ4v) is 7.40. The van der Waals surface area contributed by atoms with E-state index in [9.17, 15) is 19.5 Å². The number of anilines is 1. The number of carbonyl (C=O) groups excluding carboxylic acids is 3. The molecule has 8 nitrogen and oxygen atoms in total. The number of fused-ring (bicyclic) bond motifs is 3. The molecule has 0 saturated carbocycles. The molecule has 44 heavy (non-hydrogen) atoms. The van der Waals surface area contributed by atoms with Gasteiger partial charge in [-0.2, -0.15) is 0 Å². The number of nitrogens with one attached hydrogen (secondary N) is 1. The highest BCUT2D eigenvalue weighted by atomic mass is 16.6. The van der Waals surface area contributed by atoms with E-state index in [1.165, 1.54) is 6.08 Å². The van der Waals surface area contributed by atoms with Crippen molar-refractivity contribution in [3.63, 3.8) is 0 Å². The number of phenols is 1. The minimum Gasteiger partial charge on any atom is -0.508 e. The maximum absolute atomic E-state index is 14.6. The standard InChI is InChI=1S/C36H30N2O6/c1-2-21-43-33(40)28-30-34(41)44-31(23-13-7-4-8-14-23)29(22-11-5-3-6-12-22)38(30)32(24-17-19-25(39)20-18-24)36(28)26-15-9-10-16-27(26)37-35(36)42/h2-20,28-32,39H,1,21H2,(H,37,42)/t28?,29-,30-,31+,32+,36-/m1/s1. The Morgan fingerprint density at radius 1 is 0.864 bits per heavy atom. The lowest BCUT2D eigenvalue weighted by Crippen LogP contribution is -2.52. The highest BCUT2D eigenvalue weighted by molar-refractivity contribution is 6.11. The van der Waals surface area contributed by atoms with E-state index in [-0.39, 0.29) is 12.4 Å². The Balaban J connectivity index is 1.55. The number of aromatic hydroxyl groups is 1. The summed E-state index contributed by atoms with van der Waals surface area (Å²) in [4.78, 5) is 45.1. The molecular weight excluding hydrogens is 556 g/mol. The Labute approximate surface area is 254 Å². The third-order valence-corrected chi connectivity index (χ3v) is 9.02. The van der Waals surface area contributed by atoms with Crippen LogP contribution >= 0.6 is 0 Å². The van der Waals surface area contributed by atoms with Crippen LogP contribution in [0.1, 0.15) is 40.4 Å². The summed E-state index contributed by atoms with van der Waals surface area (Å²) < 4.78 is 12.0. The van der Waals surface area contributed by atoms with Crippen molar-refractivity contribution >= 4 is 23.5 Å². The zero-order valence-electron chi connectivity index (χ0n) is 23.7. The predicted molar refractivity (Wildman–Crippen MR) is 162 cm³/mol. The van der Waals surface area contributed by atoms with Crippen molar-refractivity contribution in [3.05, 3.63) is 144 Å². The van der Waals surface area contributed by atoms with Gasteiger partial charge in [0.1, 0.15) is 35.8 Å². The first-order valence-corrected chi connectivity index (χ1v) is 14.5. The molecule has 2 fully saturated rings. The summed E-state index contributed by atoms with van der Waals surface area (Å²) in [5, 5.41) is 13.3. The SMILES string of the molecule is C=CCOC(=O)C1[C@@H]2C(=O)O[C@@H](c3ccccc3)[C@@H](c3ccccc3)N2[C@@H](c2ccc(O)cc2)[C@]12C(=O)Nc1ccccc12. The molecule has 6 atom stereocenters. The van der Waals surface area contributed by atoms with Crippen LogP contribution in [-0.4, -0.2) is 40.5 Å². The molecule has 4 aromatic rings. The van der Waals surface area contributed by atoms with E-state index in [0.717, 1.165) is 11.1 Å². The molecule has 220 valence electrons. The topological polar surface area (TPSA) is 105 Å². The Morgan fingerprint density at radius 3 is 2.18 bits per heavy atom. The number of rotatable bonds is 6. The van der Waals surface area contributed by atoms with Crippen LogP contribution in [0.2, 0.25) is 0 Å². The van der Waals surface area contributed by atoms with E-state index < -0.39 is 53.4 Å². The number of hydrogen-bond donors (Lipinski definition) is 2. The molecule has 4 aromatic carbocycles. The number of amides is 1. The smallest absolute Gasteiger partial charge is 0.325 e. The molecule has 1 amide bonds. The first-order chi connectivity index (χ1) is 21.5. The van der Waals surface area contributed by atoms with Crippen molar-refractivity contribution in [1.29, 1.82) is 0 Å². The lowest BCUT2D eigenvalue weighted by atomic mass is 9.65. The number of para-hydroxylation sites is 1. The van der Waals surface area contributed by atoms with Crippen molar-refractivity contribution in [2.45, 2.75) is 29.6 Å². The molecule has 2 N–H and O–H groups in total. The molecule has 0 aromatic heterocycles. The van der Waals surface area contributed by atoms with Gasteiger partial charge in [-0.05, 0) is 40.5 Å². The summed E-state index contributed by atoms with van der Waals surface area (Å²) in [5.74, 6) is -2.95. The first-order valence-electron chi connectivity index (χ1n) is 14.5. The largest absolute Gasteiger partial charge is 0.508 e. The quantitative estimate of drug-likeness (QED) is 0.231. The van der Waals surface area contributed by atoms with Crippen LogP contribution in [0.15, 0.2) is 122 Å². The maximum atomic E-state index is 14.6. The molecule has 2 saturated heterocycles. The second-order valence-electron chi connectivity index (χ2n) is 11.3. The van der Waals surface area contributed by atoms with Gasteiger partial charge in [-0.25, -0.2) is 0 Å². The van der Waals surface area contributed by atoms with Crippen LogP contribution in [-0.2, 0) is 29.3 Å². The van der Waals surface area contributed by atoms with Crippen molar-refractivity contribution in [1.82, 2.24) is 4.90 Å². The summed E-state index contributed by atoms with van der Waals surface area (Å²) in [6, 6.07) is 30.4. The molecule has 7 rings (SSSR count). The first kappa shape index (κ1) is 27.6. The predicted octanol–water partition coefficient (Wildman–Crippen LogP) is 5.39. The van der Waals surface area contributed by atoms with E-state index >= 15 is 0 Å². The number of hydrogen-bond acceptors (Lipinski definition) is 7. The number of phenolic OH excluding ortho intramolecular Hbond substituents is 1. The van der Waals surface area contributed by atoms with Crippen molar-refractivity contribution in [3.8, 4) is 5.75 Å². The molecule has 3 aliphatic heterocycles. The Kier molecular flexibility index (Phi) is 6.78. The van der Waals surface area contributed by atoms with Gasteiger partial charge < -0.3 is 19.9 Å². The van der Waals surface area contributed by atoms with Crippen molar-refractivity contribution < 1.29 is 29.0 Å². The normalized spacial score (nSPS) is 27.2. The minimum absolute atomic E-state index is 0.0513. The Morgan fingerprint density at radius 2 is 1.50 bits per heavy atom. The Bertz CT molecular complexity index is 1740. The summed E-state index contributed by atoms with van der Waals surface area (Å²) in [7, 11) is 0. The average Bonchev–Trinajstić information content (AvgIpc) is 3.53. The second kappa shape index (κ2) is 10.8. The monoisotopic (exact) mass is 586 g/mol. The lowest BCUT2D eigenvalue weighted by Gasteiger charge is -2.46. The average molecular weight is 587 g/mol. The molecular formula is C36H30N2O6. The van der Waals surface area contributed by atoms with Gasteiger partial charge in [0.2, 0.25) is 5.91 Å². The van der Waals surface area contributed by atoms with Gasteiger partial charge in [-0.3, -0.25) is 19.3 Å². The highest BCUT2D eigenvalue weighted by Crippen LogP contribution is 2.64. The fourth-order valence-electron chi connectivity index (χ4n) is 7.40. The lowest BCUT2D eigenvalue weighted by molar-refractivity contribution is -0.180. The van der Waals surface area contributed by atoms with Crippen LogP contribution in [0, 0.1) is 5.92 Å². The number of cyclic esters (lactones) is 1. The van der Waals surface area contributed by atoms with Crippen LogP contribution in [0.25, 0.3) is 0 Å². The van der Waals surface area contributed by atoms with E-state index in [4.69, 9.17) is 9.47 Å². The number of carbonyl (C=O) groups is 3. The second-order valence-corrected chi connectivity index (χ2v) is 11.3. The number of morpholine rings is 1. The molecule has 3 aliphatic rings. The van der Waals surface area contributed by atoms with Crippen molar-refractivity contribution in [2.24, 2.45) is 5.92 Å². The van der Waals surface area contributed by atoms with Gasteiger partial charge in [-0.1, -0.05) is 104 Å². The maximum Gasteiger partial charge on any atom is 0.325 e. The van der Waals surface area contributed by atoms with Crippen molar-refractivity contribution in [2.75, 3.05) is 11.9 Å². The molecule has 8 heteroatoms. The van der Waals surface area contributed by atoms with Gasteiger partial charge in [0.05, 0.1) is 12.1 Å². The van der Waals surface area contributed by atoms with Crippen LogP contribution in [0.4, 0.5) is 5.69 Å². The Hall–Kier alpha value is -5.21. The van der Waals surface area contributed by atoms with Crippen LogP contribution < -0.4 is 5.32 Å². The number of benzene rings is 4. The zero-order valence-corrected chi connectivity index (χ0v) is 23.7. The van der Waals surface area contributed by atoms with Gasteiger partial charge in [0.15, 0.2) is 0 Å². The van der Waals surface area contributed by atoms with Gasteiger partial charge in [0, 0.05) is 5.69 Å². The summed E-state index contributed by atoms with van der Waals surface area (Å²) in [6.45, 7) is 3.59. The summed E-state index contributed by atoms with van der Waals surface area (Å²) in [6.07, 6.45) is 0.705. The summed E-state index contributed by atoms with van der Waals surface area (Å²) >= 11 is 0. The number of nitrogens with zero attached hydrogens (tertiary/aromatic N) is 1. The third kappa shape index (κ3) is 4.06. The molecule has 0 bridgehead atoms. The molecule has 0 aliphatic carbocycles. The molecule has 1 unspecified atom stereocenters.